The maximum absolute atomic E-state index is 12.0. The zero-order valence-corrected chi connectivity index (χ0v) is 11.1. The first-order valence-corrected chi connectivity index (χ1v) is 6.27. The number of carboxylic acids is 1. The monoisotopic (exact) mass is 244 g/mol. The van der Waals surface area contributed by atoms with Gasteiger partial charge in [0.1, 0.15) is 0 Å². The summed E-state index contributed by atoms with van der Waals surface area (Å²) in [4.78, 5) is 26.0. The third-order valence-corrected chi connectivity index (χ3v) is 2.50. The lowest BCUT2D eigenvalue weighted by Gasteiger charge is -2.25. The van der Waals surface area contributed by atoms with Gasteiger partial charge in [-0.25, -0.2) is 0 Å². The third kappa shape index (κ3) is 6.94. The number of aliphatic carboxylic acids is 1. The molecule has 0 aliphatic rings. The number of carbonyl (C=O) groups is 2. The van der Waals surface area contributed by atoms with E-state index in [9.17, 15) is 9.59 Å². The molecule has 0 aromatic carbocycles. The van der Waals surface area contributed by atoms with Gasteiger partial charge in [0, 0.05) is 13.1 Å². The first-order valence-electron chi connectivity index (χ1n) is 6.27. The smallest absolute Gasteiger partial charge is 0.317 e. The van der Waals surface area contributed by atoms with Gasteiger partial charge in [0.05, 0.1) is 13.1 Å². The van der Waals surface area contributed by atoms with Gasteiger partial charge in [-0.05, 0) is 19.4 Å². The first-order chi connectivity index (χ1) is 8.04. The minimum Gasteiger partial charge on any atom is -0.480 e. The van der Waals surface area contributed by atoms with Gasteiger partial charge in [-0.3, -0.25) is 14.5 Å². The van der Waals surface area contributed by atoms with Crippen LogP contribution in [0.1, 0.15) is 33.6 Å². The second-order valence-electron chi connectivity index (χ2n) is 4.08. The van der Waals surface area contributed by atoms with Gasteiger partial charge in [-0.2, -0.15) is 0 Å². The van der Waals surface area contributed by atoms with Crippen LogP contribution >= 0.6 is 0 Å². The van der Waals surface area contributed by atoms with E-state index in [-0.39, 0.29) is 19.0 Å². The standard InChI is InChI=1S/C12H24N2O3/c1-4-7-14(8-5-2)11(15)9-13(6-3)10-12(16)17/h4-10H2,1-3H3,(H,16,17). The predicted octanol–water partition coefficient (Wildman–Crippen LogP) is 1.04. The van der Waals surface area contributed by atoms with E-state index in [1.54, 1.807) is 4.90 Å². The summed E-state index contributed by atoms with van der Waals surface area (Å²) in [5.41, 5.74) is 0. The molecule has 0 aliphatic carbocycles. The lowest BCUT2D eigenvalue weighted by Crippen LogP contribution is -2.42. The summed E-state index contributed by atoms with van der Waals surface area (Å²) >= 11 is 0. The van der Waals surface area contributed by atoms with Crippen LogP contribution in [0.2, 0.25) is 0 Å². The highest BCUT2D eigenvalue weighted by molar-refractivity contribution is 5.79. The van der Waals surface area contributed by atoms with Crippen LogP contribution in [0.4, 0.5) is 0 Å². The Labute approximate surface area is 103 Å². The SMILES string of the molecule is CCCN(CCC)C(=O)CN(CC)CC(=O)O. The average Bonchev–Trinajstić information content (AvgIpc) is 2.27. The Bertz CT molecular complexity index is 238. The number of likely N-dealkylation sites (N-methyl/N-ethyl adjacent to an activating group) is 1. The number of carbonyl (C=O) groups excluding carboxylic acids is 1. The number of amides is 1. The molecule has 0 heterocycles. The van der Waals surface area contributed by atoms with E-state index in [0.717, 1.165) is 25.9 Å². The van der Waals surface area contributed by atoms with Crippen molar-refractivity contribution in [2.75, 3.05) is 32.7 Å². The lowest BCUT2D eigenvalue weighted by atomic mass is 10.3. The Morgan fingerprint density at radius 3 is 1.88 bits per heavy atom. The van der Waals surface area contributed by atoms with Crippen molar-refractivity contribution in [2.45, 2.75) is 33.6 Å². The topological polar surface area (TPSA) is 60.9 Å². The van der Waals surface area contributed by atoms with E-state index < -0.39 is 5.97 Å². The summed E-state index contributed by atoms with van der Waals surface area (Å²) in [5.74, 6) is -0.867. The van der Waals surface area contributed by atoms with Gasteiger partial charge in [-0.15, -0.1) is 0 Å². The van der Waals surface area contributed by atoms with Crippen LogP contribution in [-0.4, -0.2) is 59.5 Å². The maximum Gasteiger partial charge on any atom is 0.317 e. The normalized spacial score (nSPS) is 10.6. The Morgan fingerprint density at radius 2 is 1.53 bits per heavy atom. The van der Waals surface area contributed by atoms with Gasteiger partial charge in [0.25, 0.3) is 0 Å². The molecule has 0 bridgehead atoms. The Morgan fingerprint density at radius 1 is 1.00 bits per heavy atom. The quantitative estimate of drug-likeness (QED) is 0.658. The van der Waals surface area contributed by atoms with Crippen LogP contribution in [0.3, 0.4) is 0 Å². The highest BCUT2D eigenvalue weighted by atomic mass is 16.4. The number of hydrogen-bond acceptors (Lipinski definition) is 3. The fourth-order valence-corrected chi connectivity index (χ4v) is 1.66. The summed E-state index contributed by atoms with van der Waals surface area (Å²) < 4.78 is 0. The van der Waals surface area contributed by atoms with Crippen molar-refractivity contribution in [3.63, 3.8) is 0 Å². The maximum atomic E-state index is 12.0. The van der Waals surface area contributed by atoms with Crippen molar-refractivity contribution in [1.82, 2.24) is 9.80 Å². The zero-order chi connectivity index (χ0) is 13.3. The highest BCUT2D eigenvalue weighted by Crippen LogP contribution is 1.98. The molecule has 0 saturated carbocycles. The van der Waals surface area contributed by atoms with E-state index in [2.05, 4.69) is 0 Å². The van der Waals surface area contributed by atoms with E-state index in [1.165, 1.54) is 0 Å². The minimum atomic E-state index is -0.891. The van der Waals surface area contributed by atoms with Gasteiger partial charge in [-0.1, -0.05) is 20.8 Å². The minimum absolute atomic E-state index is 0.0248. The van der Waals surface area contributed by atoms with Crippen molar-refractivity contribution < 1.29 is 14.7 Å². The van der Waals surface area contributed by atoms with Crippen LogP contribution in [-0.2, 0) is 9.59 Å². The average molecular weight is 244 g/mol. The van der Waals surface area contributed by atoms with Crippen LogP contribution in [0.25, 0.3) is 0 Å². The van der Waals surface area contributed by atoms with Gasteiger partial charge in [0.15, 0.2) is 0 Å². The molecule has 1 N–H and O–H groups in total. The van der Waals surface area contributed by atoms with Gasteiger partial charge >= 0.3 is 5.97 Å². The predicted molar refractivity (Wildman–Crippen MR) is 66.9 cm³/mol. The van der Waals surface area contributed by atoms with Crippen molar-refractivity contribution in [1.29, 1.82) is 0 Å². The molecule has 0 radical (unpaired) electrons. The second-order valence-corrected chi connectivity index (χ2v) is 4.08. The second kappa shape index (κ2) is 8.98. The Kier molecular flexibility index (Phi) is 8.40. The molecule has 0 rings (SSSR count). The van der Waals surface area contributed by atoms with Crippen molar-refractivity contribution in [3.05, 3.63) is 0 Å². The molecule has 0 aromatic heterocycles. The van der Waals surface area contributed by atoms with Crippen molar-refractivity contribution in [3.8, 4) is 0 Å². The van der Waals surface area contributed by atoms with Gasteiger partial charge < -0.3 is 10.0 Å². The van der Waals surface area contributed by atoms with E-state index in [4.69, 9.17) is 5.11 Å². The summed E-state index contributed by atoms with van der Waals surface area (Å²) in [6, 6.07) is 0. The summed E-state index contributed by atoms with van der Waals surface area (Å²) in [5, 5.41) is 8.71. The number of carboxylic acid groups (broad SMARTS) is 1. The lowest BCUT2D eigenvalue weighted by molar-refractivity contribution is -0.139. The fourth-order valence-electron chi connectivity index (χ4n) is 1.66. The summed E-state index contributed by atoms with van der Waals surface area (Å²) in [6.45, 7) is 8.12. The fraction of sp³-hybridized carbons (Fsp3) is 0.833. The largest absolute Gasteiger partial charge is 0.480 e. The third-order valence-electron chi connectivity index (χ3n) is 2.50. The molecule has 5 nitrogen and oxygen atoms in total. The summed E-state index contributed by atoms with van der Waals surface area (Å²) in [7, 11) is 0. The van der Waals surface area contributed by atoms with Crippen LogP contribution in [0.5, 0.6) is 0 Å². The van der Waals surface area contributed by atoms with Crippen molar-refractivity contribution >= 4 is 11.9 Å². The molecule has 5 heteroatoms. The van der Waals surface area contributed by atoms with E-state index in [1.807, 2.05) is 25.7 Å². The molecule has 100 valence electrons. The van der Waals surface area contributed by atoms with E-state index >= 15 is 0 Å². The number of nitrogens with zero attached hydrogens (tertiary/aromatic N) is 2. The molecule has 0 spiro atoms. The molecular formula is C12H24N2O3. The summed E-state index contributed by atoms with van der Waals surface area (Å²) in [6.07, 6.45) is 1.85. The Hall–Kier alpha value is -1.10. The molecule has 0 aliphatic heterocycles. The Balaban J connectivity index is 4.29. The first kappa shape index (κ1) is 15.9. The van der Waals surface area contributed by atoms with Gasteiger partial charge in [0.2, 0.25) is 5.91 Å². The van der Waals surface area contributed by atoms with Crippen LogP contribution in [0, 0.1) is 0 Å². The number of hydrogen-bond donors (Lipinski definition) is 1. The molecule has 0 unspecified atom stereocenters. The molecule has 17 heavy (non-hydrogen) atoms. The molecule has 1 amide bonds. The molecule has 0 atom stereocenters. The molecule has 0 saturated heterocycles. The number of rotatable bonds is 9. The van der Waals surface area contributed by atoms with E-state index in [0.29, 0.717) is 6.54 Å². The van der Waals surface area contributed by atoms with Crippen LogP contribution < -0.4 is 0 Å². The highest BCUT2D eigenvalue weighted by Gasteiger charge is 2.16. The molecule has 0 fully saturated rings. The zero-order valence-electron chi connectivity index (χ0n) is 11.1. The van der Waals surface area contributed by atoms with Crippen LogP contribution in [0.15, 0.2) is 0 Å². The van der Waals surface area contributed by atoms with Crippen molar-refractivity contribution in [2.24, 2.45) is 0 Å². The molecular weight excluding hydrogens is 220 g/mol. The molecule has 0 aromatic rings.